The summed E-state index contributed by atoms with van der Waals surface area (Å²) in [6.07, 6.45) is 4.94. The molecule has 0 aromatic rings. The van der Waals surface area contributed by atoms with Crippen LogP contribution < -0.4 is 0 Å². The number of carbonyl (C=O) groups excluding carboxylic acids is 1. The molecule has 1 aliphatic carbocycles. The van der Waals surface area contributed by atoms with Crippen LogP contribution in [0.4, 0.5) is 0 Å². The van der Waals surface area contributed by atoms with Crippen molar-refractivity contribution >= 4 is 39.0 Å². The van der Waals surface area contributed by atoms with Gasteiger partial charge in [-0.15, -0.1) is 0 Å². The summed E-state index contributed by atoms with van der Waals surface area (Å²) in [4.78, 5) is 15.8. The van der Waals surface area contributed by atoms with Gasteiger partial charge in [0.05, 0.1) is 23.7 Å². The van der Waals surface area contributed by atoms with Crippen LogP contribution in [0, 0.1) is 0 Å². The molecule has 0 spiro atoms. The van der Waals surface area contributed by atoms with E-state index in [1.54, 1.807) is 13.2 Å². The standard InChI is InChI=1S/C10H7BrClNO2/c1-15-8-3-5(11)2-6-9(8)13-4-7(12)10(6)14/h2-5H,1H3. The number of hydrogen-bond acceptors (Lipinski definition) is 3. The molecule has 0 saturated heterocycles. The number of carbonyl (C=O) groups is 1. The Morgan fingerprint density at radius 2 is 2.27 bits per heavy atom. The SMILES string of the molecule is COC1=CC(Br)C=C2C(=O)C(Cl)=CN=C12. The van der Waals surface area contributed by atoms with E-state index in [1.807, 2.05) is 6.08 Å². The molecule has 1 atom stereocenters. The maximum Gasteiger partial charge on any atom is 0.207 e. The van der Waals surface area contributed by atoms with Gasteiger partial charge in [-0.2, -0.15) is 0 Å². The molecule has 1 heterocycles. The van der Waals surface area contributed by atoms with E-state index in [9.17, 15) is 4.79 Å². The van der Waals surface area contributed by atoms with Crippen molar-refractivity contribution < 1.29 is 9.53 Å². The largest absolute Gasteiger partial charge is 0.495 e. The van der Waals surface area contributed by atoms with Crippen molar-refractivity contribution in [2.75, 3.05) is 7.11 Å². The molecule has 0 bridgehead atoms. The Bertz CT molecular complexity index is 448. The van der Waals surface area contributed by atoms with Crippen molar-refractivity contribution in [3.8, 4) is 0 Å². The average Bonchev–Trinajstić information content (AvgIpc) is 2.23. The highest BCUT2D eigenvalue weighted by atomic mass is 79.9. The van der Waals surface area contributed by atoms with Crippen LogP contribution in [0.25, 0.3) is 0 Å². The van der Waals surface area contributed by atoms with Gasteiger partial charge in [0, 0.05) is 0 Å². The third-order valence-corrected chi connectivity index (χ3v) is 2.91. The second-order valence-corrected chi connectivity index (χ2v) is 4.51. The van der Waals surface area contributed by atoms with E-state index in [-0.39, 0.29) is 15.6 Å². The van der Waals surface area contributed by atoms with Gasteiger partial charge in [-0.25, -0.2) is 0 Å². The van der Waals surface area contributed by atoms with E-state index in [4.69, 9.17) is 16.3 Å². The number of halogens is 2. The fourth-order valence-corrected chi connectivity index (χ4v) is 2.09. The molecule has 3 nitrogen and oxygen atoms in total. The topological polar surface area (TPSA) is 38.7 Å². The van der Waals surface area contributed by atoms with Gasteiger partial charge in [-0.05, 0) is 6.08 Å². The molecule has 2 aliphatic rings. The second-order valence-electron chi connectivity index (χ2n) is 3.04. The Labute approximate surface area is 100 Å². The minimum atomic E-state index is -0.214. The highest BCUT2D eigenvalue weighted by molar-refractivity contribution is 9.09. The fourth-order valence-electron chi connectivity index (χ4n) is 1.43. The molecular formula is C10H7BrClNO2. The maximum absolute atomic E-state index is 11.7. The Morgan fingerprint density at radius 1 is 1.53 bits per heavy atom. The van der Waals surface area contributed by atoms with Crippen LogP contribution in [0.1, 0.15) is 0 Å². The number of allylic oxidation sites excluding steroid dienone is 4. The van der Waals surface area contributed by atoms with Crippen LogP contribution in [0.3, 0.4) is 0 Å². The lowest BCUT2D eigenvalue weighted by atomic mass is 9.96. The first kappa shape index (κ1) is 10.6. The van der Waals surface area contributed by atoms with Crippen molar-refractivity contribution in [2.24, 2.45) is 4.99 Å². The predicted octanol–water partition coefficient (Wildman–Crippen LogP) is 2.32. The Hall–Kier alpha value is -0.870. The first-order valence-corrected chi connectivity index (χ1v) is 5.53. The van der Waals surface area contributed by atoms with E-state index >= 15 is 0 Å². The summed E-state index contributed by atoms with van der Waals surface area (Å²) in [6.45, 7) is 0. The van der Waals surface area contributed by atoms with E-state index in [0.29, 0.717) is 17.0 Å². The van der Waals surface area contributed by atoms with Crippen molar-refractivity contribution in [3.05, 3.63) is 34.7 Å². The van der Waals surface area contributed by atoms with E-state index in [1.165, 1.54) is 6.20 Å². The lowest BCUT2D eigenvalue weighted by molar-refractivity contribution is -0.111. The Balaban J connectivity index is 2.52. The molecule has 0 aromatic heterocycles. The zero-order valence-electron chi connectivity index (χ0n) is 7.83. The van der Waals surface area contributed by atoms with Crippen molar-refractivity contribution in [3.63, 3.8) is 0 Å². The predicted molar refractivity (Wildman–Crippen MR) is 62.3 cm³/mol. The molecule has 0 saturated carbocycles. The van der Waals surface area contributed by atoms with Gasteiger partial charge in [0.25, 0.3) is 0 Å². The summed E-state index contributed by atoms with van der Waals surface area (Å²) in [7, 11) is 1.54. The molecule has 5 heteroatoms. The van der Waals surface area contributed by atoms with Crippen molar-refractivity contribution in [1.29, 1.82) is 0 Å². The van der Waals surface area contributed by atoms with E-state index < -0.39 is 0 Å². The van der Waals surface area contributed by atoms with Gasteiger partial charge >= 0.3 is 0 Å². The van der Waals surface area contributed by atoms with Crippen LogP contribution in [-0.2, 0) is 9.53 Å². The molecule has 78 valence electrons. The third-order valence-electron chi connectivity index (χ3n) is 2.11. The number of nitrogens with zero attached hydrogens (tertiary/aromatic N) is 1. The van der Waals surface area contributed by atoms with Crippen LogP contribution in [-0.4, -0.2) is 23.4 Å². The number of alkyl halides is 1. The quantitative estimate of drug-likeness (QED) is 0.695. The van der Waals surface area contributed by atoms with Crippen LogP contribution in [0.5, 0.6) is 0 Å². The van der Waals surface area contributed by atoms with Gasteiger partial charge < -0.3 is 4.74 Å². The zero-order valence-corrected chi connectivity index (χ0v) is 10.2. The number of ether oxygens (including phenoxy) is 1. The third kappa shape index (κ3) is 1.79. The monoisotopic (exact) mass is 287 g/mol. The number of rotatable bonds is 1. The number of ketones is 1. The second kappa shape index (κ2) is 3.94. The normalized spacial score (nSPS) is 24.7. The van der Waals surface area contributed by atoms with Gasteiger partial charge in [0.1, 0.15) is 16.5 Å². The molecule has 15 heavy (non-hydrogen) atoms. The van der Waals surface area contributed by atoms with Gasteiger partial charge in [-0.3, -0.25) is 9.79 Å². The smallest absolute Gasteiger partial charge is 0.207 e. The maximum atomic E-state index is 11.7. The molecule has 1 aliphatic heterocycles. The molecule has 0 aromatic carbocycles. The van der Waals surface area contributed by atoms with Crippen molar-refractivity contribution in [2.45, 2.75) is 4.83 Å². The molecule has 0 radical (unpaired) electrons. The zero-order chi connectivity index (χ0) is 11.0. The lowest BCUT2D eigenvalue weighted by Crippen LogP contribution is -2.24. The fraction of sp³-hybridized carbons (Fsp3) is 0.200. The Kier molecular flexibility index (Phi) is 2.80. The minimum absolute atomic E-state index is 0.0343. The molecule has 1 unspecified atom stereocenters. The first-order chi connectivity index (χ1) is 7.13. The van der Waals surface area contributed by atoms with Gasteiger partial charge in [0.15, 0.2) is 0 Å². The first-order valence-electron chi connectivity index (χ1n) is 4.24. The highest BCUT2D eigenvalue weighted by Gasteiger charge is 2.29. The van der Waals surface area contributed by atoms with E-state index in [0.717, 1.165) is 0 Å². The summed E-state index contributed by atoms with van der Waals surface area (Å²) in [5, 5.41) is 0.127. The molecule has 0 N–H and O–H groups in total. The van der Waals surface area contributed by atoms with E-state index in [2.05, 4.69) is 20.9 Å². The van der Waals surface area contributed by atoms with Crippen LogP contribution >= 0.6 is 27.5 Å². The summed E-state index contributed by atoms with van der Waals surface area (Å²) in [6, 6.07) is 0. The van der Waals surface area contributed by atoms with Crippen LogP contribution in [0.15, 0.2) is 39.7 Å². The molecular weight excluding hydrogens is 281 g/mol. The molecule has 0 fully saturated rings. The number of aliphatic imine (C=N–C) groups is 1. The highest BCUT2D eigenvalue weighted by Crippen LogP contribution is 2.27. The lowest BCUT2D eigenvalue weighted by Gasteiger charge is -2.20. The minimum Gasteiger partial charge on any atom is -0.495 e. The van der Waals surface area contributed by atoms with Gasteiger partial charge in [-0.1, -0.05) is 33.6 Å². The average molecular weight is 289 g/mol. The molecule has 0 amide bonds. The summed E-state index contributed by atoms with van der Waals surface area (Å²) in [5.74, 6) is 0.372. The summed E-state index contributed by atoms with van der Waals surface area (Å²) in [5.41, 5.74) is 1.03. The number of hydrogen-bond donors (Lipinski definition) is 0. The van der Waals surface area contributed by atoms with Crippen LogP contribution in [0.2, 0.25) is 0 Å². The number of fused-ring (bicyclic) bond motifs is 1. The van der Waals surface area contributed by atoms with Gasteiger partial charge in [0.2, 0.25) is 5.78 Å². The summed E-state index contributed by atoms with van der Waals surface area (Å²) >= 11 is 9.09. The summed E-state index contributed by atoms with van der Waals surface area (Å²) < 4.78 is 5.15. The Morgan fingerprint density at radius 3 is 2.93 bits per heavy atom. The van der Waals surface area contributed by atoms with Crippen molar-refractivity contribution in [1.82, 2.24) is 0 Å². The molecule has 2 rings (SSSR count). The number of Topliss-reactive ketones (excluding diaryl/α,β-unsaturated/α-hetero) is 1. The number of methoxy groups -OCH3 is 1.